The quantitative estimate of drug-likeness (QED) is 0.661. The van der Waals surface area contributed by atoms with E-state index in [4.69, 9.17) is 0 Å². The summed E-state index contributed by atoms with van der Waals surface area (Å²) in [4.78, 5) is 0.383. The van der Waals surface area contributed by atoms with E-state index in [0.717, 1.165) is 12.8 Å². The Bertz CT molecular complexity index is 1060. The van der Waals surface area contributed by atoms with Crippen molar-refractivity contribution in [1.29, 1.82) is 0 Å². The molecule has 0 spiro atoms. The highest BCUT2D eigenvalue weighted by Crippen LogP contribution is 2.58. The van der Waals surface area contributed by atoms with E-state index in [1.807, 2.05) is 24.3 Å². The number of fused-ring (bicyclic) bond motifs is 5. The van der Waals surface area contributed by atoms with E-state index in [2.05, 4.69) is 36.4 Å². The molecule has 4 heteroatoms. The Kier molecular flexibility index (Phi) is 3.92. The third-order valence-corrected chi connectivity index (χ3v) is 7.79. The molecule has 0 N–H and O–H groups in total. The van der Waals surface area contributed by atoms with Crippen LogP contribution in [0.15, 0.2) is 89.8 Å². The van der Waals surface area contributed by atoms with Crippen LogP contribution in [0.3, 0.4) is 0 Å². The maximum atomic E-state index is 13.5. The summed E-state index contributed by atoms with van der Waals surface area (Å²) < 4.78 is 28.8. The van der Waals surface area contributed by atoms with Crippen molar-refractivity contribution >= 4 is 10.0 Å². The molecule has 2 aliphatic rings. The minimum Gasteiger partial charge on any atom is -0.207 e. The third-order valence-electron chi connectivity index (χ3n) is 5.89. The van der Waals surface area contributed by atoms with Crippen LogP contribution in [-0.2, 0) is 16.4 Å². The van der Waals surface area contributed by atoms with Gasteiger partial charge in [0.1, 0.15) is 0 Å². The molecule has 3 nitrogen and oxygen atoms in total. The van der Waals surface area contributed by atoms with Gasteiger partial charge in [0.25, 0.3) is 0 Å². The lowest BCUT2D eigenvalue weighted by atomic mass is 9.81. The van der Waals surface area contributed by atoms with E-state index in [9.17, 15) is 8.42 Å². The summed E-state index contributed by atoms with van der Waals surface area (Å²) in [6, 6.07) is 27.3. The maximum absolute atomic E-state index is 13.5. The first-order valence-corrected chi connectivity index (χ1v) is 10.8. The van der Waals surface area contributed by atoms with Gasteiger partial charge < -0.3 is 0 Å². The summed E-state index contributed by atoms with van der Waals surface area (Å²) in [6.07, 6.45) is 1.78. The van der Waals surface area contributed by atoms with Crippen molar-refractivity contribution in [3.63, 3.8) is 0 Å². The highest BCUT2D eigenvalue weighted by Gasteiger charge is 2.54. The predicted molar refractivity (Wildman–Crippen MR) is 106 cm³/mol. The second kappa shape index (κ2) is 6.32. The lowest BCUT2D eigenvalue weighted by Gasteiger charge is -2.25. The van der Waals surface area contributed by atoms with Gasteiger partial charge in [-0.2, -0.15) is 4.31 Å². The Labute approximate surface area is 160 Å². The minimum absolute atomic E-state index is 0.0647. The van der Waals surface area contributed by atoms with Gasteiger partial charge >= 0.3 is 0 Å². The van der Waals surface area contributed by atoms with Gasteiger partial charge in [0, 0.05) is 0 Å². The monoisotopic (exact) mass is 375 g/mol. The number of sulfonamides is 1. The molecule has 2 heterocycles. The summed E-state index contributed by atoms with van der Waals surface area (Å²) in [7, 11) is -3.53. The molecule has 0 saturated carbocycles. The van der Waals surface area contributed by atoms with Crippen LogP contribution < -0.4 is 0 Å². The second-order valence-electron chi connectivity index (χ2n) is 7.42. The molecule has 3 aromatic rings. The lowest BCUT2D eigenvalue weighted by Crippen LogP contribution is -2.29. The van der Waals surface area contributed by atoms with Gasteiger partial charge in [-0.15, -0.1) is 0 Å². The first-order chi connectivity index (χ1) is 13.2. The van der Waals surface area contributed by atoms with Crippen LogP contribution in [0, 0.1) is 5.92 Å². The Morgan fingerprint density at radius 3 is 2.07 bits per heavy atom. The van der Waals surface area contributed by atoms with Crippen molar-refractivity contribution < 1.29 is 8.42 Å². The van der Waals surface area contributed by atoms with Crippen LogP contribution in [0.25, 0.3) is 0 Å². The van der Waals surface area contributed by atoms with E-state index < -0.39 is 10.0 Å². The zero-order valence-electron chi connectivity index (χ0n) is 14.9. The SMILES string of the molecule is O=S(=O)(c1ccccc1)N1[C@@H]2C[C@H](Cc3ccccc3)[C@H]1c1ccccc12. The maximum Gasteiger partial charge on any atom is 0.244 e. The average molecular weight is 375 g/mol. The Hall–Kier alpha value is -2.43. The van der Waals surface area contributed by atoms with E-state index in [0.29, 0.717) is 10.8 Å². The van der Waals surface area contributed by atoms with Crippen LogP contribution in [0.2, 0.25) is 0 Å². The molecule has 2 aliphatic heterocycles. The molecular weight excluding hydrogens is 354 g/mol. The fourth-order valence-electron chi connectivity index (χ4n) is 4.80. The fourth-order valence-corrected chi connectivity index (χ4v) is 6.67. The number of rotatable bonds is 4. The molecule has 1 fully saturated rings. The van der Waals surface area contributed by atoms with Gasteiger partial charge in [-0.3, -0.25) is 0 Å². The normalized spacial score (nSPS) is 24.1. The molecule has 0 unspecified atom stereocenters. The number of benzene rings is 3. The van der Waals surface area contributed by atoms with Crippen LogP contribution in [0.4, 0.5) is 0 Å². The van der Waals surface area contributed by atoms with E-state index in [1.54, 1.807) is 28.6 Å². The molecule has 3 atom stereocenters. The minimum atomic E-state index is -3.53. The van der Waals surface area contributed by atoms with Gasteiger partial charge in [-0.1, -0.05) is 72.8 Å². The highest BCUT2D eigenvalue weighted by atomic mass is 32.2. The Morgan fingerprint density at radius 2 is 1.37 bits per heavy atom. The smallest absolute Gasteiger partial charge is 0.207 e. The Morgan fingerprint density at radius 1 is 0.778 bits per heavy atom. The molecule has 0 radical (unpaired) electrons. The summed E-state index contributed by atoms with van der Waals surface area (Å²) in [5.41, 5.74) is 3.62. The third kappa shape index (κ3) is 2.63. The van der Waals surface area contributed by atoms with Crippen molar-refractivity contribution in [2.24, 2.45) is 5.92 Å². The topological polar surface area (TPSA) is 37.4 Å². The van der Waals surface area contributed by atoms with Gasteiger partial charge in [0.05, 0.1) is 17.0 Å². The van der Waals surface area contributed by atoms with Gasteiger partial charge in [0.2, 0.25) is 10.0 Å². The van der Waals surface area contributed by atoms with Crippen LogP contribution in [0.1, 0.15) is 35.2 Å². The largest absolute Gasteiger partial charge is 0.244 e. The Balaban J connectivity index is 1.57. The summed E-state index contributed by atoms with van der Waals surface area (Å²) >= 11 is 0. The van der Waals surface area contributed by atoms with E-state index in [-0.39, 0.29) is 12.1 Å². The van der Waals surface area contributed by atoms with Gasteiger partial charge in [-0.05, 0) is 47.6 Å². The van der Waals surface area contributed by atoms with Crippen molar-refractivity contribution in [3.05, 3.63) is 102 Å². The molecule has 0 aromatic heterocycles. The van der Waals surface area contributed by atoms with Crippen molar-refractivity contribution in [2.75, 3.05) is 0 Å². The lowest BCUT2D eigenvalue weighted by molar-refractivity contribution is 0.337. The molecule has 27 heavy (non-hydrogen) atoms. The molecule has 0 amide bonds. The van der Waals surface area contributed by atoms with Crippen molar-refractivity contribution in [3.8, 4) is 0 Å². The summed E-state index contributed by atoms with van der Waals surface area (Å²) in [5, 5.41) is 0. The molecule has 1 saturated heterocycles. The number of nitrogens with zero attached hydrogens (tertiary/aromatic N) is 1. The van der Waals surface area contributed by atoms with Gasteiger partial charge in [-0.25, -0.2) is 8.42 Å². The highest BCUT2D eigenvalue weighted by molar-refractivity contribution is 7.89. The zero-order valence-corrected chi connectivity index (χ0v) is 15.7. The van der Waals surface area contributed by atoms with Crippen LogP contribution >= 0.6 is 0 Å². The molecular formula is C23H21NO2S. The first kappa shape index (κ1) is 16.7. The molecule has 136 valence electrons. The number of hydrogen-bond acceptors (Lipinski definition) is 2. The van der Waals surface area contributed by atoms with Crippen molar-refractivity contribution in [1.82, 2.24) is 4.31 Å². The summed E-state index contributed by atoms with van der Waals surface area (Å²) in [5.74, 6) is 0.297. The van der Waals surface area contributed by atoms with Crippen LogP contribution in [0.5, 0.6) is 0 Å². The standard InChI is InChI=1S/C23H21NO2S/c25-27(26,19-11-5-2-6-12-19)24-22-16-18(15-17-9-3-1-4-10-17)23(24)21-14-8-7-13-20(21)22/h1-14,18,22-23H,15-16H2/t18-,22+,23-/m0/s1. The first-order valence-electron chi connectivity index (χ1n) is 9.37. The summed E-state index contributed by atoms with van der Waals surface area (Å²) in [6.45, 7) is 0. The van der Waals surface area contributed by atoms with E-state index >= 15 is 0 Å². The molecule has 0 aliphatic carbocycles. The molecule has 2 bridgehead atoms. The van der Waals surface area contributed by atoms with Crippen molar-refractivity contribution in [2.45, 2.75) is 29.8 Å². The average Bonchev–Trinajstić information content (AvgIpc) is 3.24. The molecule has 5 rings (SSSR count). The second-order valence-corrected chi connectivity index (χ2v) is 9.27. The van der Waals surface area contributed by atoms with Crippen LogP contribution in [-0.4, -0.2) is 12.7 Å². The van der Waals surface area contributed by atoms with Gasteiger partial charge in [0.15, 0.2) is 0 Å². The fraction of sp³-hybridized carbons (Fsp3) is 0.217. The predicted octanol–water partition coefficient (Wildman–Crippen LogP) is 4.74. The zero-order chi connectivity index (χ0) is 18.4. The van der Waals surface area contributed by atoms with E-state index in [1.165, 1.54) is 16.7 Å². The number of hydrogen-bond donors (Lipinski definition) is 0. The molecule has 3 aromatic carbocycles.